The maximum Gasteiger partial charge on any atom is 0.472 e. The third kappa shape index (κ3) is 10.4. The Morgan fingerprint density at radius 2 is 1.56 bits per heavy atom. The molecule has 0 fully saturated rings. The van der Waals surface area contributed by atoms with Gasteiger partial charge in [-0.25, -0.2) is 4.57 Å². The average molecular weight is 416 g/mol. The summed E-state index contributed by atoms with van der Waals surface area (Å²) in [5.41, 5.74) is 0. The molecular formula is C15H31NO10P+. The lowest BCUT2D eigenvalue weighted by atomic mass is 10.1. The van der Waals surface area contributed by atoms with Crippen LogP contribution in [0.5, 0.6) is 0 Å². The lowest BCUT2D eigenvalue weighted by Crippen LogP contribution is -2.47. The number of nitrogens with zero attached hydrogens (tertiary/aromatic N) is 1. The van der Waals surface area contributed by atoms with Gasteiger partial charge in [0.15, 0.2) is 11.6 Å². The fraction of sp³-hybridized carbons (Fsp3) is 0.867. The molecule has 0 aliphatic carbocycles. The Morgan fingerprint density at radius 1 is 1.04 bits per heavy atom. The number of rotatable bonds is 14. The molecule has 0 saturated heterocycles. The molecular weight excluding hydrogens is 385 g/mol. The number of phosphoric acid groups is 1. The van der Waals surface area contributed by atoms with Crippen LogP contribution < -0.4 is 0 Å². The predicted molar refractivity (Wildman–Crippen MR) is 93.8 cm³/mol. The molecule has 0 radical (unpaired) electrons. The van der Waals surface area contributed by atoms with Crippen LogP contribution in [0.1, 0.15) is 13.8 Å². The lowest BCUT2D eigenvalue weighted by Gasteiger charge is -2.30. The summed E-state index contributed by atoms with van der Waals surface area (Å²) in [7, 11) is 0.891. The minimum Gasteiger partial charge on any atom is -0.394 e. The molecule has 0 rings (SSSR count). The summed E-state index contributed by atoms with van der Waals surface area (Å²) < 4.78 is 27.4. The van der Waals surface area contributed by atoms with Crippen molar-refractivity contribution in [3.05, 3.63) is 0 Å². The van der Waals surface area contributed by atoms with Gasteiger partial charge in [-0.3, -0.25) is 18.6 Å². The monoisotopic (exact) mass is 416 g/mol. The van der Waals surface area contributed by atoms with E-state index < -0.39 is 57.0 Å². The fourth-order valence-electron chi connectivity index (χ4n) is 1.97. The summed E-state index contributed by atoms with van der Waals surface area (Å²) in [6, 6.07) is 0. The van der Waals surface area contributed by atoms with Gasteiger partial charge < -0.3 is 29.4 Å². The van der Waals surface area contributed by atoms with E-state index in [4.69, 9.17) is 18.9 Å². The van der Waals surface area contributed by atoms with Crippen molar-refractivity contribution in [1.82, 2.24) is 0 Å². The highest BCUT2D eigenvalue weighted by molar-refractivity contribution is 7.47. The van der Waals surface area contributed by atoms with Crippen LogP contribution in [0.2, 0.25) is 0 Å². The fourth-order valence-corrected chi connectivity index (χ4v) is 2.86. The third-order valence-electron chi connectivity index (χ3n) is 3.43. The number of phosphoric ester groups is 1. The molecule has 0 heterocycles. The van der Waals surface area contributed by atoms with E-state index >= 15 is 0 Å². The zero-order valence-electron chi connectivity index (χ0n) is 16.3. The van der Waals surface area contributed by atoms with Crippen LogP contribution >= 0.6 is 7.82 Å². The summed E-state index contributed by atoms with van der Waals surface area (Å²) in [5, 5.41) is 28.1. The number of carbonyl (C=O) groups is 2. The van der Waals surface area contributed by atoms with Gasteiger partial charge in [0.1, 0.15) is 37.6 Å². The zero-order chi connectivity index (χ0) is 21.4. The first-order valence-electron chi connectivity index (χ1n) is 8.26. The number of carbonyl (C=O) groups excluding carboxylic acids is 2. The molecule has 0 aromatic heterocycles. The molecule has 11 nitrogen and oxygen atoms in total. The van der Waals surface area contributed by atoms with E-state index in [1.165, 1.54) is 0 Å². The smallest absolute Gasteiger partial charge is 0.394 e. The SMILES string of the molecule is CC(=O)C(OC(C(C)=O)C(CO)OP(=O)(O)OCC[N+](C)(C)C)C(O)CO. The van der Waals surface area contributed by atoms with Gasteiger partial charge in [-0.05, 0) is 13.8 Å². The van der Waals surface area contributed by atoms with Crippen LogP contribution in [0.25, 0.3) is 0 Å². The first-order chi connectivity index (χ1) is 12.2. The second-order valence-corrected chi connectivity index (χ2v) is 8.50. The Hall–Kier alpha value is -0.750. The van der Waals surface area contributed by atoms with Crippen LogP contribution in [-0.4, -0.2) is 108 Å². The molecule has 0 aromatic carbocycles. The molecule has 0 spiro atoms. The molecule has 0 saturated carbocycles. The largest absolute Gasteiger partial charge is 0.472 e. The summed E-state index contributed by atoms with van der Waals surface area (Å²) >= 11 is 0. The maximum absolute atomic E-state index is 12.1. The molecule has 4 N–H and O–H groups in total. The lowest BCUT2D eigenvalue weighted by molar-refractivity contribution is -0.870. The Bertz CT molecular complexity index is 535. The van der Waals surface area contributed by atoms with Crippen molar-refractivity contribution < 1.29 is 52.6 Å². The minimum absolute atomic E-state index is 0.125. The second-order valence-electron chi connectivity index (χ2n) is 7.09. The number of quaternary nitrogens is 1. The van der Waals surface area contributed by atoms with Crippen molar-refractivity contribution in [3.63, 3.8) is 0 Å². The highest BCUT2D eigenvalue weighted by atomic mass is 31.2. The Labute approximate surface area is 158 Å². The van der Waals surface area contributed by atoms with E-state index in [-0.39, 0.29) is 6.61 Å². The first-order valence-corrected chi connectivity index (χ1v) is 9.76. The van der Waals surface area contributed by atoms with Crippen LogP contribution in [0.4, 0.5) is 0 Å². The Balaban J connectivity index is 5.21. The molecule has 0 bridgehead atoms. The second kappa shape index (κ2) is 11.3. The average Bonchev–Trinajstić information content (AvgIpc) is 2.51. The summed E-state index contributed by atoms with van der Waals surface area (Å²) in [5.74, 6) is -1.41. The van der Waals surface area contributed by atoms with Crippen LogP contribution in [0.3, 0.4) is 0 Å². The molecule has 0 amide bonds. The Kier molecular flexibility index (Phi) is 11.0. The van der Waals surface area contributed by atoms with Crippen LogP contribution in [-0.2, 0) is 27.9 Å². The van der Waals surface area contributed by atoms with E-state index in [2.05, 4.69) is 0 Å². The van der Waals surface area contributed by atoms with Gasteiger partial charge in [-0.15, -0.1) is 0 Å². The number of hydrogen-bond donors (Lipinski definition) is 4. The van der Waals surface area contributed by atoms with Gasteiger partial charge in [-0.1, -0.05) is 0 Å². The van der Waals surface area contributed by atoms with Gasteiger partial charge in [-0.2, -0.15) is 0 Å². The molecule has 0 aliphatic heterocycles. The van der Waals surface area contributed by atoms with Crippen molar-refractivity contribution in [3.8, 4) is 0 Å². The highest BCUT2D eigenvalue weighted by Gasteiger charge is 2.38. The molecule has 0 aromatic rings. The van der Waals surface area contributed by atoms with Gasteiger partial charge in [0, 0.05) is 0 Å². The van der Waals surface area contributed by atoms with Crippen LogP contribution in [0, 0.1) is 0 Å². The zero-order valence-corrected chi connectivity index (χ0v) is 17.2. The quantitative estimate of drug-likeness (QED) is 0.193. The number of Topliss-reactive ketones (excluding diaryl/α,β-unsaturated/α-hetero) is 2. The van der Waals surface area contributed by atoms with Gasteiger partial charge in [0.25, 0.3) is 0 Å². The van der Waals surface area contributed by atoms with E-state index in [0.717, 1.165) is 13.8 Å². The van der Waals surface area contributed by atoms with E-state index in [0.29, 0.717) is 11.0 Å². The maximum atomic E-state index is 12.1. The summed E-state index contributed by atoms with van der Waals surface area (Å²) in [4.78, 5) is 33.3. The normalized spacial score (nSPS) is 19.0. The molecule has 0 aliphatic rings. The number of aliphatic hydroxyl groups is 3. The summed E-state index contributed by atoms with van der Waals surface area (Å²) in [6.07, 6.45) is -6.48. The van der Waals surface area contributed by atoms with E-state index in [1.54, 1.807) is 0 Å². The number of ether oxygens (including phenoxy) is 1. The topological polar surface area (TPSA) is 160 Å². The number of hydrogen-bond acceptors (Lipinski definition) is 9. The first kappa shape index (κ1) is 26.2. The van der Waals surface area contributed by atoms with Gasteiger partial charge in [0.05, 0.1) is 34.4 Å². The predicted octanol–water partition coefficient (Wildman–Crippen LogP) is -1.53. The van der Waals surface area contributed by atoms with E-state index in [1.807, 2.05) is 21.1 Å². The van der Waals surface area contributed by atoms with Crippen molar-refractivity contribution in [2.45, 2.75) is 38.3 Å². The molecule has 12 heteroatoms. The number of aliphatic hydroxyl groups excluding tert-OH is 3. The minimum atomic E-state index is -4.64. The molecule has 160 valence electrons. The van der Waals surface area contributed by atoms with Crippen molar-refractivity contribution >= 4 is 19.4 Å². The summed E-state index contributed by atoms with van der Waals surface area (Å²) in [6.45, 7) is 0.680. The standard InChI is InChI=1S/C15H30NO10P/c1-10(19)14(12(21)8-17)25-15(11(2)20)13(9-18)26-27(22,23)24-7-6-16(3,4)5/h12-15,17-18,21H,6-9H2,1-5H3/p+1. The molecule has 5 unspecified atom stereocenters. The van der Waals surface area contributed by atoms with Crippen molar-refractivity contribution in [1.29, 1.82) is 0 Å². The van der Waals surface area contributed by atoms with Crippen LogP contribution in [0.15, 0.2) is 0 Å². The van der Waals surface area contributed by atoms with Crippen molar-refractivity contribution in [2.75, 3.05) is 47.5 Å². The van der Waals surface area contributed by atoms with Gasteiger partial charge >= 0.3 is 7.82 Å². The third-order valence-corrected chi connectivity index (χ3v) is 4.48. The van der Waals surface area contributed by atoms with E-state index in [9.17, 15) is 29.3 Å². The molecule has 27 heavy (non-hydrogen) atoms. The number of likely N-dealkylation sites (N-methyl/N-ethyl adjacent to an activating group) is 1. The Morgan fingerprint density at radius 3 is 1.93 bits per heavy atom. The van der Waals surface area contributed by atoms with Crippen molar-refractivity contribution in [2.24, 2.45) is 0 Å². The highest BCUT2D eigenvalue weighted by Crippen LogP contribution is 2.45. The number of ketones is 2. The van der Waals surface area contributed by atoms with Gasteiger partial charge in [0.2, 0.25) is 0 Å². The molecule has 5 atom stereocenters.